The van der Waals surface area contributed by atoms with Gasteiger partial charge in [0.25, 0.3) is 5.91 Å². The maximum absolute atomic E-state index is 14.2. The number of carbonyl (C=O) groups is 2. The molecule has 7 heteroatoms. The van der Waals surface area contributed by atoms with E-state index in [4.69, 9.17) is 0 Å². The smallest absolute Gasteiger partial charge is 0.268 e. The molecule has 0 saturated carbocycles. The van der Waals surface area contributed by atoms with Crippen LogP contribution in [0.15, 0.2) is 42.5 Å². The van der Waals surface area contributed by atoms with E-state index in [9.17, 15) is 18.4 Å². The first-order valence-electron chi connectivity index (χ1n) is 9.64. The molecule has 29 heavy (non-hydrogen) atoms. The van der Waals surface area contributed by atoms with Gasteiger partial charge < -0.3 is 9.80 Å². The lowest BCUT2D eigenvalue weighted by Crippen LogP contribution is -2.50. The van der Waals surface area contributed by atoms with Gasteiger partial charge in [-0.3, -0.25) is 9.59 Å². The van der Waals surface area contributed by atoms with Crippen molar-refractivity contribution in [2.45, 2.75) is 31.7 Å². The van der Waals surface area contributed by atoms with Crippen molar-refractivity contribution in [2.24, 2.45) is 5.92 Å². The summed E-state index contributed by atoms with van der Waals surface area (Å²) >= 11 is 1.37. The Hall–Kier alpha value is -2.41. The minimum Gasteiger partial charge on any atom is -0.315 e. The average molecular weight is 416 g/mol. The molecule has 2 aliphatic heterocycles. The first-order valence-corrected chi connectivity index (χ1v) is 10.6. The van der Waals surface area contributed by atoms with Crippen LogP contribution in [0, 0.1) is 17.6 Å². The third-order valence-corrected chi connectivity index (χ3v) is 6.69. The van der Waals surface area contributed by atoms with E-state index in [0.717, 1.165) is 0 Å². The van der Waals surface area contributed by atoms with Crippen molar-refractivity contribution in [3.8, 4) is 0 Å². The number of nitrogens with zero attached hydrogens (tertiary/aromatic N) is 2. The lowest BCUT2D eigenvalue weighted by Gasteiger charge is -2.33. The zero-order valence-electron chi connectivity index (χ0n) is 16.3. The summed E-state index contributed by atoms with van der Waals surface area (Å²) in [5.74, 6) is -0.473. The number of thioether (sulfide) groups is 1. The molecule has 2 heterocycles. The van der Waals surface area contributed by atoms with E-state index in [0.29, 0.717) is 35.5 Å². The largest absolute Gasteiger partial charge is 0.315 e. The van der Waals surface area contributed by atoms with Crippen LogP contribution in [0.1, 0.15) is 31.4 Å². The highest BCUT2D eigenvalue weighted by atomic mass is 32.2. The fourth-order valence-corrected chi connectivity index (χ4v) is 5.55. The molecule has 4 nitrogen and oxygen atoms in total. The quantitative estimate of drug-likeness (QED) is 0.747. The zero-order chi connectivity index (χ0) is 20.8. The molecule has 1 unspecified atom stereocenters. The lowest BCUT2D eigenvalue weighted by molar-refractivity contribution is -0.140. The second-order valence-corrected chi connectivity index (χ2v) is 9.11. The van der Waals surface area contributed by atoms with Crippen LogP contribution in [0.25, 0.3) is 0 Å². The van der Waals surface area contributed by atoms with Crippen molar-refractivity contribution in [1.82, 2.24) is 4.90 Å². The molecule has 4 rings (SSSR count). The summed E-state index contributed by atoms with van der Waals surface area (Å²) in [6, 6.07) is 10.3. The molecule has 0 radical (unpaired) electrons. The third kappa shape index (κ3) is 3.31. The van der Waals surface area contributed by atoms with Gasteiger partial charge in [0.1, 0.15) is 11.6 Å². The van der Waals surface area contributed by atoms with Gasteiger partial charge in [0, 0.05) is 24.3 Å². The van der Waals surface area contributed by atoms with Crippen molar-refractivity contribution in [3.63, 3.8) is 0 Å². The number of carbonyl (C=O) groups excluding carboxylic acids is 2. The Morgan fingerprint density at radius 3 is 2.66 bits per heavy atom. The highest BCUT2D eigenvalue weighted by Gasteiger charge is 2.59. The molecule has 0 aliphatic carbocycles. The molecule has 0 bridgehead atoms. The Bertz CT molecular complexity index is 981. The highest BCUT2D eigenvalue weighted by molar-refractivity contribution is 8.01. The molecule has 2 aliphatic rings. The summed E-state index contributed by atoms with van der Waals surface area (Å²) in [4.78, 5) is 28.5. The number of fused-ring (bicyclic) bond motifs is 2. The molecule has 1 spiro atoms. The number of rotatable bonds is 4. The van der Waals surface area contributed by atoms with Gasteiger partial charge in [0.05, 0.1) is 12.2 Å². The predicted molar refractivity (Wildman–Crippen MR) is 109 cm³/mol. The number of hydrogen-bond acceptors (Lipinski definition) is 3. The van der Waals surface area contributed by atoms with Gasteiger partial charge in [-0.1, -0.05) is 26.0 Å². The van der Waals surface area contributed by atoms with Crippen LogP contribution in [0.3, 0.4) is 0 Å². The van der Waals surface area contributed by atoms with Gasteiger partial charge in [-0.2, -0.15) is 0 Å². The predicted octanol–water partition coefficient (Wildman–Crippen LogP) is 4.29. The number of benzene rings is 2. The monoisotopic (exact) mass is 416 g/mol. The van der Waals surface area contributed by atoms with Crippen LogP contribution >= 0.6 is 11.8 Å². The summed E-state index contributed by atoms with van der Waals surface area (Å²) in [5, 5.41) is 0. The second kappa shape index (κ2) is 7.44. The fraction of sp³-hybridized carbons (Fsp3) is 0.364. The van der Waals surface area contributed by atoms with Crippen LogP contribution in [-0.4, -0.2) is 29.0 Å². The van der Waals surface area contributed by atoms with Crippen LogP contribution in [0.4, 0.5) is 14.5 Å². The Balaban J connectivity index is 1.78. The van der Waals surface area contributed by atoms with Crippen LogP contribution < -0.4 is 4.90 Å². The summed E-state index contributed by atoms with van der Waals surface area (Å²) in [7, 11) is 0. The average Bonchev–Trinajstić information content (AvgIpc) is 3.19. The van der Waals surface area contributed by atoms with Gasteiger partial charge in [-0.15, -0.1) is 11.8 Å². The van der Waals surface area contributed by atoms with Gasteiger partial charge in [-0.25, -0.2) is 8.78 Å². The fourth-order valence-electron chi connectivity index (χ4n) is 4.08. The number of hydrogen-bond donors (Lipinski definition) is 0. The van der Waals surface area contributed by atoms with Crippen LogP contribution in [0.2, 0.25) is 0 Å². The summed E-state index contributed by atoms with van der Waals surface area (Å²) in [6.07, 6.45) is 0.324. The summed E-state index contributed by atoms with van der Waals surface area (Å²) in [5.41, 5.74) is 1.70. The van der Waals surface area contributed by atoms with Crippen molar-refractivity contribution < 1.29 is 18.4 Å². The molecule has 0 aromatic heterocycles. The van der Waals surface area contributed by atoms with Crippen LogP contribution in [-0.2, 0) is 21.0 Å². The maximum atomic E-state index is 14.2. The minimum atomic E-state index is -1.25. The van der Waals surface area contributed by atoms with E-state index in [1.165, 1.54) is 40.9 Å². The summed E-state index contributed by atoms with van der Waals surface area (Å²) in [6.45, 7) is 4.50. The number of anilines is 1. The molecule has 0 N–H and O–H groups in total. The lowest BCUT2D eigenvalue weighted by atomic mass is 10.0. The number of halogens is 2. The second-order valence-electron chi connectivity index (χ2n) is 7.82. The Labute approximate surface area is 172 Å². The first-order chi connectivity index (χ1) is 13.8. The molecule has 1 saturated heterocycles. The van der Waals surface area contributed by atoms with E-state index < -0.39 is 10.7 Å². The van der Waals surface area contributed by atoms with Gasteiger partial charge in [-0.05, 0) is 41.8 Å². The van der Waals surface area contributed by atoms with Crippen LogP contribution in [0.5, 0.6) is 0 Å². The molecule has 1 fully saturated rings. The SMILES string of the molecule is CC(C)CC(=O)N1CCSC12C(=O)N(Cc1cccc(F)c1)c1ccc(F)cc12. The van der Waals surface area contributed by atoms with Crippen molar-refractivity contribution in [1.29, 1.82) is 0 Å². The van der Waals surface area contributed by atoms with Gasteiger partial charge >= 0.3 is 0 Å². The molecule has 1 atom stereocenters. The minimum absolute atomic E-state index is 0.110. The standard InChI is InChI=1S/C22H22F2N2O2S/c1-14(2)10-20(27)26-8-9-29-22(26)18-12-17(24)6-7-19(18)25(21(22)28)13-15-4-3-5-16(23)11-15/h3-7,11-12,14H,8-10,13H2,1-2H3. The summed E-state index contributed by atoms with van der Waals surface area (Å²) < 4.78 is 27.8. The van der Waals surface area contributed by atoms with Crippen molar-refractivity contribution in [2.75, 3.05) is 17.2 Å². The van der Waals surface area contributed by atoms with Crippen molar-refractivity contribution in [3.05, 3.63) is 65.2 Å². The third-order valence-electron chi connectivity index (χ3n) is 5.27. The van der Waals surface area contributed by atoms with E-state index >= 15 is 0 Å². The van der Waals surface area contributed by atoms with E-state index in [1.807, 2.05) is 13.8 Å². The topological polar surface area (TPSA) is 40.6 Å². The molecule has 2 aromatic rings. The first kappa shape index (κ1) is 19.9. The molecular formula is C22H22F2N2O2S. The molecule has 2 aromatic carbocycles. The zero-order valence-corrected chi connectivity index (χ0v) is 17.1. The van der Waals surface area contributed by atoms with E-state index in [2.05, 4.69) is 0 Å². The Morgan fingerprint density at radius 1 is 1.17 bits per heavy atom. The van der Waals surface area contributed by atoms with E-state index in [-0.39, 0.29) is 30.1 Å². The van der Waals surface area contributed by atoms with E-state index in [1.54, 1.807) is 23.1 Å². The van der Waals surface area contributed by atoms with Gasteiger partial charge in [0.2, 0.25) is 5.91 Å². The van der Waals surface area contributed by atoms with Crippen molar-refractivity contribution >= 4 is 29.3 Å². The maximum Gasteiger partial charge on any atom is 0.268 e. The van der Waals surface area contributed by atoms with Gasteiger partial charge in [0.15, 0.2) is 4.87 Å². The Kier molecular flexibility index (Phi) is 5.11. The number of amides is 2. The highest BCUT2D eigenvalue weighted by Crippen LogP contribution is 2.54. The Morgan fingerprint density at radius 2 is 1.93 bits per heavy atom. The molecular weight excluding hydrogens is 394 g/mol. The molecule has 2 amide bonds. The molecule has 152 valence electrons. The normalized spacial score (nSPS) is 20.8.